The summed E-state index contributed by atoms with van der Waals surface area (Å²) in [5.41, 5.74) is 6.08. The summed E-state index contributed by atoms with van der Waals surface area (Å²) in [6.07, 6.45) is 0.361. The minimum Gasteiger partial charge on any atom is -0.482 e. The van der Waals surface area contributed by atoms with Crippen molar-refractivity contribution in [2.45, 2.75) is 31.2 Å². The van der Waals surface area contributed by atoms with Crippen LogP contribution in [0.25, 0.3) is 0 Å². The van der Waals surface area contributed by atoms with Crippen molar-refractivity contribution in [3.8, 4) is 5.75 Å². The van der Waals surface area contributed by atoms with Gasteiger partial charge in [0, 0.05) is 10.2 Å². The van der Waals surface area contributed by atoms with Gasteiger partial charge in [0.05, 0.1) is 16.0 Å². The number of ether oxygens (including phenoxy) is 1. The third kappa shape index (κ3) is 7.80. The number of carbonyl (C=O) groups excluding carboxylic acids is 2. The van der Waals surface area contributed by atoms with Gasteiger partial charge >= 0.3 is 0 Å². The number of rotatable bonds is 9. The summed E-state index contributed by atoms with van der Waals surface area (Å²) in [6.45, 7) is 3.48. The van der Waals surface area contributed by atoms with E-state index in [1.54, 1.807) is 18.2 Å². The first-order chi connectivity index (χ1) is 14.5. The molecule has 2 aromatic carbocycles. The fourth-order valence-electron chi connectivity index (χ4n) is 2.53. The van der Waals surface area contributed by atoms with Crippen molar-refractivity contribution < 1.29 is 22.7 Å². The van der Waals surface area contributed by atoms with Crippen LogP contribution in [0.5, 0.6) is 5.75 Å². The Labute approximate surface area is 194 Å². The number of halogens is 2. The van der Waals surface area contributed by atoms with Crippen molar-refractivity contribution in [2.24, 2.45) is 11.7 Å². The normalized spacial score (nSPS) is 12.3. The Morgan fingerprint density at radius 2 is 1.81 bits per heavy atom. The number of hydrogen-bond acceptors (Lipinski definition) is 6. The number of amides is 2. The van der Waals surface area contributed by atoms with Crippen molar-refractivity contribution in [3.05, 3.63) is 52.0 Å². The van der Waals surface area contributed by atoms with Crippen LogP contribution in [0, 0.1) is 5.92 Å². The van der Waals surface area contributed by atoms with Gasteiger partial charge in [-0.2, -0.15) is 0 Å². The molecule has 0 fully saturated rings. The molecule has 2 amide bonds. The number of sulfonamides is 1. The summed E-state index contributed by atoms with van der Waals surface area (Å²) in [7, 11) is -4.08. The van der Waals surface area contributed by atoms with Crippen LogP contribution in [0.4, 0.5) is 5.69 Å². The van der Waals surface area contributed by atoms with Gasteiger partial charge in [0.1, 0.15) is 5.75 Å². The van der Waals surface area contributed by atoms with Crippen molar-refractivity contribution in [1.29, 1.82) is 0 Å². The highest BCUT2D eigenvalue weighted by Gasteiger charge is 2.22. The molecule has 0 bridgehead atoms. The molecular weight excluding hydrogens is 510 g/mol. The predicted octanol–water partition coefficient (Wildman–Crippen LogP) is 3.30. The minimum absolute atomic E-state index is 0.131. The Morgan fingerprint density at radius 1 is 1.16 bits per heavy atom. The van der Waals surface area contributed by atoms with Crippen LogP contribution < -0.4 is 20.5 Å². The van der Waals surface area contributed by atoms with Crippen LogP contribution in [0.1, 0.15) is 20.3 Å². The molecule has 0 saturated carbocycles. The molecule has 0 radical (unpaired) electrons. The summed E-state index contributed by atoms with van der Waals surface area (Å²) in [6, 6.07) is 9.41. The quantitative estimate of drug-likeness (QED) is 0.455. The SMILES string of the molecule is CC(C)C[C@H](N)C(=O)NS(=O)(=O)c1ccc(NC(=O)COc2ccc(Br)cc2Cl)cc1. The standard InChI is InChI=1S/C20H23BrClN3O5S/c1-12(2)9-17(23)20(27)25-31(28,29)15-6-4-14(5-7-15)24-19(26)11-30-18-8-3-13(21)10-16(18)22/h3-8,10,12,17H,9,11,23H2,1-2H3,(H,24,26)(H,25,27)/t17-/m0/s1. The van der Waals surface area contributed by atoms with Gasteiger partial charge < -0.3 is 15.8 Å². The molecule has 0 aliphatic heterocycles. The van der Waals surface area contributed by atoms with Gasteiger partial charge in [-0.1, -0.05) is 41.4 Å². The average molecular weight is 533 g/mol. The zero-order valence-electron chi connectivity index (χ0n) is 16.9. The Hall–Kier alpha value is -2.14. The lowest BCUT2D eigenvalue weighted by atomic mass is 10.0. The summed E-state index contributed by atoms with van der Waals surface area (Å²) < 4.78 is 32.9. The molecule has 0 saturated heterocycles. The van der Waals surface area contributed by atoms with Gasteiger partial charge in [-0.3, -0.25) is 9.59 Å². The molecule has 31 heavy (non-hydrogen) atoms. The molecular formula is C20H23BrClN3O5S. The van der Waals surface area contributed by atoms with E-state index in [1.807, 2.05) is 18.6 Å². The lowest BCUT2D eigenvalue weighted by molar-refractivity contribution is -0.121. The molecule has 0 aliphatic rings. The van der Waals surface area contributed by atoms with Gasteiger partial charge in [-0.05, 0) is 54.8 Å². The molecule has 8 nitrogen and oxygen atoms in total. The van der Waals surface area contributed by atoms with E-state index in [2.05, 4.69) is 21.2 Å². The van der Waals surface area contributed by atoms with Gasteiger partial charge in [-0.25, -0.2) is 13.1 Å². The van der Waals surface area contributed by atoms with Crippen molar-refractivity contribution in [2.75, 3.05) is 11.9 Å². The first-order valence-corrected chi connectivity index (χ1v) is 11.9. The highest BCUT2D eigenvalue weighted by atomic mass is 79.9. The van der Waals surface area contributed by atoms with E-state index in [4.69, 9.17) is 22.1 Å². The minimum atomic E-state index is -4.08. The molecule has 0 unspecified atom stereocenters. The van der Waals surface area contributed by atoms with Crippen LogP contribution in [0.15, 0.2) is 51.8 Å². The second-order valence-electron chi connectivity index (χ2n) is 7.14. The number of anilines is 1. The van der Waals surface area contributed by atoms with E-state index >= 15 is 0 Å². The van der Waals surface area contributed by atoms with Crippen LogP contribution in [0.3, 0.4) is 0 Å². The third-order valence-corrected chi connectivity index (χ3v) is 6.15. The second-order valence-corrected chi connectivity index (χ2v) is 10.1. The molecule has 168 valence electrons. The van der Waals surface area contributed by atoms with E-state index in [9.17, 15) is 18.0 Å². The predicted molar refractivity (Wildman–Crippen MR) is 122 cm³/mol. The van der Waals surface area contributed by atoms with E-state index in [-0.39, 0.29) is 17.4 Å². The first kappa shape index (κ1) is 25.1. The van der Waals surface area contributed by atoms with Gasteiger partial charge in [0.15, 0.2) is 6.61 Å². The summed E-state index contributed by atoms with van der Waals surface area (Å²) >= 11 is 9.31. The molecule has 0 heterocycles. The Bertz CT molecular complexity index is 1050. The van der Waals surface area contributed by atoms with Crippen LogP contribution >= 0.6 is 27.5 Å². The largest absolute Gasteiger partial charge is 0.482 e. The van der Waals surface area contributed by atoms with Crippen molar-refractivity contribution in [1.82, 2.24) is 4.72 Å². The second kappa shape index (κ2) is 10.9. The number of nitrogens with one attached hydrogen (secondary N) is 2. The molecule has 0 spiro atoms. The van der Waals surface area contributed by atoms with Crippen LogP contribution in [-0.4, -0.2) is 32.9 Å². The summed E-state index contributed by atoms with van der Waals surface area (Å²) in [5.74, 6) is -0.722. The van der Waals surface area contributed by atoms with E-state index < -0.39 is 27.9 Å². The van der Waals surface area contributed by atoms with E-state index in [0.717, 1.165) is 4.47 Å². The maximum absolute atomic E-state index is 12.4. The average Bonchev–Trinajstić information content (AvgIpc) is 2.67. The number of carbonyl (C=O) groups is 2. The molecule has 4 N–H and O–H groups in total. The van der Waals surface area contributed by atoms with E-state index in [0.29, 0.717) is 22.9 Å². The number of benzene rings is 2. The van der Waals surface area contributed by atoms with Crippen molar-refractivity contribution >= 4 is 55.1 Å². The smallest absolute Gasteiger partial charge is 0.264 e. The van der Waals surface area contributed by atoms with E-state index in [1.165, 1.54) is 24.3 Å². The molecule has 0 aromatic heterocycles. The maximum Gasteiger partial charge on any atom is 0.264 e. The van der Waals surface area contributed by atoms with Crippen LogP contribution in [0.2, 0.25) is 5.02 Å². The van der Waals surface area contributed by atoms with Gasteiger partial charge in [0.25, 0.3) is 21.8 Å². The lowest BCUT2D eigenvalue weighted by Crippen LogP contribution is -2.43. The zero-order valence-corrected chi connectivity index (χ0v) is 20.1. The van der Waals surface area contributed by atoms with Crippen molar-refractivity contribution in [3.63, 3.8) is 0 Å². The highest BCUT2D eigenvalue weighted by Crippen LogP contribution is 2.27. The Balaban J connectivity index is 1.94. The van der Waals surface area contributed by atoms with Gasteiger partial charge in [-0.15, -0.1) is 0 Å². The van der Waals surface area contributed by atoms with Crippen LogP contribution in [-0.2, 0) is 19.6 Å². The molecule has 0 aliphatic carbocycles. The topological polar surface area (TPSA) is 128 Å². The first-order valence-electron chi connectivity index (χ1n) is 9.28. The van der Waals surface area contributed by atoms with Gasteiger partial charge in [0.2, 0.25) is 0 Å². The third-order valence-electron chi connectivity index (χ3n) is 4.00. The summed E-state index contributed by atoms with van der Waals surface area (Å²) in [5, 5.41) is 2.94. The Kier molecular flexibility index (Phi) is 8.87. The number of hydrogen-bond donors (Lipinski definition) is 3. The number of nitrogens with two attached hydrogens (primary N) is 1. The summed E-state index contributed by atoms with van der Waals surface area (Å²) in [4.78, 5) is 24.0. The molecule has 1 atom stereocenters. The monoisotopic (exact) mass is 531 g/mol. The fourth-order valence-corrected chi connectivity index (χ4v) is 4.29. The molecule has 2 aromatic rings. The fraction of sp³-hybridized carbons (Fsp3) is 0.300. The highest BCUT2D eigenvalue weighted by molar-refractivity contribution is 9.10. The lowest BCUT2D eigenvalue weighted by Gasteiger charge is -2.14. The molecule has 2 rings (SSSR count). The maximum atomic E-state index is 12.4. The zero-order chi connectivity index (χ0) is 23.2. The molecule has 11 heteroatoms. The Morgan fingerprint density at radius 3 is 2.39 bits per heavy atom.